The highest BCUT2D eigenvalue weighted by molar-refractivity contribution is 7.89. The Kier molecular flexibility index (Phi) is 6.44. The van der Waals surface area contributed by atoms with Crippen LogP contribution in [0, 0.1) is 0 Å². The Morgan fingerprint density at radius 2 is 1.69 bits per heavy atom. The standard InChI is InChI=1S/C26H28N2O3S/c1-3-7-20-11-14-24(15-12-20)32(30,31)27-18-21-10-13-23-16-19(2)28(25(23)17-21)26(29)22-8-5-4-6-9-22/h4-6,8-15,17,19,27H,3,7,16,18H2,1-2H3/t19-/m0/s1. The highest BCUT2D eigenvalue weighted by Gasteiger charge is 2.31. The predicted molar refractivity (Wildman–Crippen MR) is 127 cm³/mol. The number of nitrogens with zero attached hydrogens (tertiary/aromatic N) is 1. The molecule has 1 aliphatic rings. The fourth-order valence-electron chi connectivity index (χ4n) is 4.18. The number of aryl methyl sites for hydroxylation is 1. The van der Waals surface area contributed by atoms with Crippen molar-refractivity contribution in [3.05, 3.63) is 95.1 Å². The third-order valence-electron chi connectivity index (χ3n) is 5.84. The Morgan fingerprint density at radius 3 is 2.38 bits per heavy atom. The lowest BCUT2D eigenvalue weighted by Crippen LogP contribution is -2.35. The maximum absolute atomic E-state index is 13.1. The van der Waals surface area contributed by atoms with Crippen molar-refractivity contribution in [2.45, 2.75) is 50.6 Å². The summed E-state index contributed by atoms with van der Waals surface area (Å²) in [5.41, 5.74) is 4.54. The van der Waals surface area contributed by atoms with E-state index in [-0.39, 0.29) is 23.4 Å². The number of carbonyl (C=O) groups is 1. The number of rotatable bonds is 7. The molecule has 166 valence electrons. The summed E-state index contributed by atoms with van der Waals surface area (Å²) in [7, 11) is -3.62. The molecule has 0 spiro atoms. The van der Waals surface area contributed by atoms with Crippen LogP contribution in [0.2, 0.25) is 0 Å². The molecule has 0 bridgehead atoms. The van der Waals surface area contributed by atoms with Crippen LogP contribution in [-0.4, -0.2) is 20.4 Å². The lowest BCUT2D eigenvalue weighted by Gasteiger charge is -2.23. The Labute approximate surface area is 190 Å². The van der Waals surface area contributed by atoms with E-state index >= 15 is 0 Å². The van der Waals surface area contributed by atoms with Gasteiger partial charge in [-0.2, -0.15) is 0 Å². The first-order valence-corrected chi connectivity index (χ1v) is 12.5. The fraction of sp³-hybridized carbons (Fsp3) is 0.269. The third kappa shape index (κ3) is 4.61. The van der Waals surface area contributed by atoms with Crippen LogP contribution in [0.25, 0.3) is 0 Å². The minimum absolute atomic E-state index is 0.0400. The first-order chi connectivity index (χ1) is 15.4. The van der Waals surface area contributed by atoms with Crippen molar-refractivity contribution in [2.75, 3.05) is 4.90 Å². The Hall–Kier alpha value is -2.96. The smallest absolute Gasteiger partial charge is 0.258 e. The SMILES string of the molecule is CCCc1ccc(S(=O)(=O)NCc2ccc3c(c2)N(C(=O)c2ccccc2)[C@@H](C)C3)cc1. The van der Waals surface area contributed by atoms with Gasteiger partial charge in [-0.05, 0) is 66.8 Å². The average Bonchev–Trinajstić information content (AvgIpc) is 3.13. The Morgan fingerprint density at radius 1 is 1.00 bits per heavy atom. The maximum atomic E-state index is 13.1. The molecule has 3 aromatic rings. The zero-order chi connectivity index (χ0) is 22.7. The molecule has 0 unspecified atom stereocenters. The number of benzene rings is 3. The van der Waals surface area contributed by atoms with E-state index in [1.54, 1.807) is 12.1 Å². The molecule has 4 rings (SSSR count). The summed E-state index contributed by atoms with van der Waals surface area (Å²) in [6, 6.07) is 22.2. The number of hydrogen-bond acceptors (Lipinski definition) is 3. The highest BCUT2D eigenvalue weighted by atomic mass is 32.2. The fourth-order valence-corrected chi connectivity index (χ4v) is 5.20. The molecule has 1 atom stereocenters. The van der Waals surface area contributed by atoms with E-state index in [1.807, 2.05) is 72.5 Å². The van der Waals surface area contributed by atoms with Crippen LogP contribution in [0.5, 0.6) is 0 Å². The number of amides is 1. The highest BCUT2D eigenvalue weighted by Crippen LogP contribution is 2.34. The van der Waals surface area contributed by atoms with Crippen LogP contribution in [0.15, 0.2) is 77.7 Å². The van der Waals surface area contributed by atoms with E-state index in [1.165, 1.54) is 0 Å². The van der Waals surface area contributed by atoms with Crippen molar-refractivity contribution in [3.8, 4) is 0 Å². The molecule has 1 heterocycles. The van der Waals surface area contributed by atoms with Crippen LogP contribution in [-0.2, 0) is 29.4 Å². The molecule has 6 heteroatoms. The zero-order valence-corrected chi connectivity index (χ0v) is 19.2. The van der Waals surface area contributed by atoms with Gasteiger partial charge in [0.2, 0.25) is 10.0 Å². The molecule has 3 aromatic carbocycles. The maximum Gasteiger partial charge on any atom is 0.258 e. The monoisotopic (exact) mass is 448 g/mol. The molecule has 5 nitrogen and oxygen atoms in total. The van der Waals surface area contributed by atoms with Crippen molar-refractivity contribution in [2.24, 2.45) is 0 Å². The third-order valence-corrected chi connectivity index (χ3v) is 7.26. The Bertz CT molecular complexity index is 1210. The molecule has 0 saturated carbocycles. The summed E-state index contributed by atoms with van der Waals surface area (Å²) < 4.78 is 28.2. The minimum Gasteiger partial charge on any atom is -0.305 e. The van der Waals surface area contributed by atoms with E-state index in [0.29, 0.717) is 5.56 Å². The second-order valence-electron chi connectivity index (χ2n) is 8.28. The van der Waals surface area contributed by atoms with Gasteiger partial charge in [0.15, 0.2) is 0 Å². The summed E-state index contributed by atoms with van der Waals surface area (Å²) in [5.74, 6) is -0.0400. The van der Waals surface area contributed by atoms with Gasteiger partial charge in [-0.15, -0.1) is 0 Å². The number of sulfonamides is 1. The van der Waals surface area contributed by atoms with Gasteiger partial charge in [0.1, 0.15) is 0 Å². The lowest BCUT2D eigenvalue weighted by molar-refractivity contribution is 0.0981. The second kappa shape index (κ2) is 9.27. The minimum atomic E-state index is -3.62. The van der Waals surface area contributed by atoms with Crippen LogP contribution < -0.4 is 9.62 Å². The second-order valence-corrected chi connectivity index (χ2v) is 10.0. The van der Waals surface area contributed by atoms with Crippen LogP contribution in [0.4, 0.5) is 5.69 Å². The van der Waals surface area contributed by atoms with Gasteiger partial charge in [0, 0.05) is 23.8 Å². The largest absolute Gasteiger partial charge is 0.305 e. The number of nitrogens with one attached hydrogen (secondary N) is 1. The van der Waals surface area contributed by atoms with E-state index in [2.05, 4.69) is 11.6 Å². The molecular formula is C26H28N2O3S. The van der Waals surface area contributed by atoms with Crippen molar-refractivity contribution in [1.29, 1.82) is 0 Å². The molecule has 0 fully saturated rings. The summed E-state index contributed by atoms with van der Waals surface area (Å²) >= 11 is 0. The van der Waals surface area contributed by atoms with Crippen molar-refractivity contribution in [3.63, 3.8) is 0 Å². The quantitative estimate of drug-likeness (QED) is 0.569. The molecule has 0 saturated heterocycles. The molecule has 1 aliphatic heterocycles. The first-order valence-electron chi connectivity index (χ1n) is 11.0. The molecule has 1 amide bonds. The van der Waals surface area contributed by atoms with Gasteiger partial charge < -0.3 is 4.90 Å². The normalized spacial score (nSPS) is 15.6. The van der Waals surface area contributed by atoms with E-state index in [4.69, 9.17) is 0 Å². The summed E-state index contributed by atoms with van der Waals surface area (Å²) in [4.78, 5) is 15.2. The van der Waals surface area contributed by atoms with Gasteiger partial charge >= 0.3 is 0 Å². The molecule has 0 aliphatic carbocycles. The van der Waals surface area contributed by atoms with Crippen LogP contribution >= 0.6 is 0 Å². The van der Waals surface area contributed by atoms with E-state index in [0.717, 1.165) is 41.6 Å². The molecule has 0 radical (unpaired) electrons. The number of anilines is 1. The number of fused-ring (bicyclic) bond motifs is 1. The average molecular weight is 449 g/mol. The van der Waals surface area contributed by atoms with Gasteiger partial charge in [0.25, 0.3) is 5.91 Å². The van der Waals surface area contributed by atoms with Gasteiger partial charge in [0.05, 0.1) is 4.90 Å². The number of hydrogen-bond donors (Lipinski definition) is 1. The summed E-state index contributed by atoms with van der Waals surface area (Å²) in [6.07, 6.45) is 2.73. The van der Waals surface area contributed by atoms with Gasteiger partial charge in [-0.1, -0.05) is 55.8 Å². The Balaban J connectivity index is 1.52. The molecular weight excluding hydrogens is 420 g/mol. The summed E-state index contributed by atoms with van der Waals surface area (Å²) in [5, 5.41) is 0. The summed E-state index contributed by atoms with van der Waals surface area (Å²) in [6.45, 7) is 4.29. The molecule has 1 N–H and O–H groups in total. The molecule has 32 heavy (non-hydrogen) atoms. The van der Waals surface area contributed by atoms with Crippen molar-refractivity contribution >= 4 is 21.6 Å². The topological polar surface area (TPSA) is 66.5 Å². The van der Waals surface area contributed by atoms with Crippen LogP contribution in [0.1, 0.15) is 47.3 Å². The first kappa shape index (κ1) is 22.2. The molecule has 0 aromatic heterocycles. The van der Waals surface area contributed by atoms with E-state index < -0.39 is 10.0 Å². The van der Waals surface area contributed by atoms with Crippen molar-refractivity contribution in [1.82, 2.24) is 4.72 Å². The predicted octanol–water partition coefficient (Wildman–Crippen LogP) is 4.71. The van der Waals surface area contributed by atoms with Crippen LogP contribution in [0.3, 0.4) is 0 Å². The van der Waals surface area contributed by atoms with E-state index in [9.17, 15) is 13.2 Å². The lowest BCUT2D eigenvalue weighted by atomic mass is 10.1. The van der Waals surface area contributed by atoms with Gasteiger partial charge in [-0.3, -0.25) is 4.79 Å². The van der Waals surface area contributed by atoms with Crippen molar-refractivity contribution < 1.29 is 13.2 Å². The van der Waals surface area contributed by atoms with Gasteiger partial charge in [-0.25, -0.2) is 13.1 Å². The zero-order valence-electron chi connectivity index (χ0n) is 18.4. The number of carbonyl (C=O) groups excluding carboxylic acids is 1.